The lowest BCUT2D eigenvalue weighted by Crippen LogP contribution is -2.63. The number of hydrogen-bond donors (Lipinski definition) is 0. The first kappa shape index (κ1) is 20.5. The SMILES string of the molecule is CC(C)(C)OC(=O)N1CCC1[C@@]1(c2ccccc2)Cc2c(cc(F)c(Cl)c2Br)O1. The summed E-state index contributed by atoms with van der Waals surface area (Å²) in [4.78, 5) is 14.5. The third kappa shape index (κ3) is 3.50. The molecule has 154 valence electrons. The van der Waals surface area contributed by atoms with Gasteiger partial charge in [-0.25, -0.2) is 9.18 Å². The number of hydrogen-bond acceptors (Lipinski definition) is 3. The van der Waals surface area contributed by atoms with E-state index < -0.39 is 17.0 Å². The van der Waals surface area contributed by atoms with Crippen molar-refractivity contribution in [3.63, 3.8) is 0 Å². The summed E-state index contributed by atoms with van der Waals surface area (Å²) < 4.78 is 26.8. The van der Waals surface area contributed by atoms with Crippen LogP contribution in [0.4, 0.5) is 9.18 Å². The highest BCUT2D eigenvalue weighted by Crippen LogP contribution is 2.52. The zero-order valence-corrected chi connectivity index (χ0v) is 18.8. The van der Waals surface area contributed by atoms with Crippen molar-refractivity contribution in [2.24, 2.45) is 0 Å². The number of nitrogens with zero attached hydrogens (tertiary/aromatic N) is 1. The van der Waals surface area contributed by atoms with Crippen LogP contribution in [0.5, 0.6) is 5.75 Å². The van der Waals surface area contributed by atoms with E-state index in [0.29, 0.717) is 23.2 Å². The summed E-state index contributed by atoms with van der Waals surface area (Å²) in [6.45, 7) is 6.12. The summed E-state index contributed by atoms with van der Waals surface area (Å²) in [5.74, 6) is -0.0996. The number of ether oxygens (including phenoxy) is 2. The number of amides is 1. The predicted octanol–water partition coefficient (Wildman–Crippen LogP) is 6.08. The van der Waals surface area contributed by atoms with E-state index in [4.69, 9.17) is 21.1 Å². The van der Waals surface area contributed by atoms with Gasteiger partial charge in [0.1, 0.15) is 17.2 Å². The molecular weight excluding hydrogens is 461 g/mol. The minimum absolute atomic E-state index is 0.0359. The third-order valence-electron chi connectivity index (χ3n) is 5.40. The number of carbonyl (C=O) groups excluding carboxylic acids is 1. The van der Waals surface area contributed by atoms with Crippen molar-refractivity contribution in [3.05, 3.63) is 62.8 Å². The fourth-order valence-corrected chi connectivity index (χ4v) is 4.73. The molecule has 1 fully saturated rings. The highest BCUT2D eigenvalue weighted by Gasteiger charge is 2.55. The van der Waals surface area contributed by atoms with Crippen LogP contribution >= 0.6 is 27.5 Å². The molecule has 1 saturated heterocycles. The Morgan fingerprint density at radius 3 is 2.62 bits per heavy atom. The van der Waals surface area contributed by atoms with Gasteiger partial charge in [0, 0.05) is 29.1 Å². The van der Waals surface area contributed by atoms with Gasteiger partial charge < -0.3 is 14.4 Å². The summed E-state index contributed by atoms with van der Waals surface area (Å²) >= 11 is 9.54. The fourth-order valence-electron chi connectivity index (χ4n) is 4.03. The molecule has 2 aromatic carbocycles. The van der Waals surface area contributed by atoms with E-state index >= 15 is 0 Å². The first-order valence-electron chi connectivity index (χ1n) is 9.53. The van der Waals surface area contributed by atoms with Crippen LogP contribution < -0.4 is 4.74 Å². The van der Waals surface area contributed by atoms with Crippen molar-refractivity contribution in [1.82, 2.24) is 4.90 Å². The summed E-state index contributed by atoms with van der Waals surface area (Å²) in [6.07, 6.45) is 0.860. The van der Waals surface area contributed by atoms with Gasteiger partial charge in [-0.05, 0) is 48.7 Å². The quantitative estimate of drug-likeness (QED) is 0.487. The van der Waals surface area contributed by atoms with Crippen LogP contribution in [0.3, 0.4) is 0 Å². The molecule has 0 aromatic heterocycles. The molecule has 0 bridgehead atoms. The molecule has 0 N–H and O–H groups in total. The Morgan fingerprint density at radius 1 is 1.34 bits per heavy atom. The largest absolute Gasteiger partial charge is 0.480 e. The molecule has 4 rings (SSSR count). The van der Waals surface area contributed by atoms with Gasteiger partial charge in [0.2, 0.25) is 0 Å². The van der Waals surface area contributed by atoms with Crippen LogP contribution in [-0.4, -0.2) is 29.2 Å². The van der Waals surface area contributed by atoms with Gasteiger partial charge in [-0.3, -0.25) is 0 Å². The number of halogens is 3. The fraction of sp³-hybridized carbons (Fsp3) is 0.409. The first-order valence-corrected chi connectivity index (χ1v) is 10.7. The summed E-state index contributed by atoms with van der Waals surface area (Å²) in [5.41, 5.74) is 0.309. The summed E-state index contributed by atoms with van der Waals surface area (Å²) in [5, 5.41) is 0.0359. The molecule has 1 unspecified atom stereocenters. The molecule has 2 heterocycles. The van der Waals surface area contributed by atoms with Crippen LogP contribution in [0.25, 0.3) is 0 Å². The standard InChI is InChI=1S/C22H22BrClFNO3/c1-21(2,3)29-20(27)26-10-9-17(26)22(13-7-5-4-6-8-13)12-14-16(28-22)11-15(25)19(24)18(14)23/h4-8,11,17H,9-10,12H2,1-3H3/t17?,22-/m0/s1. The van der Waals surface area contributed by atoms with Gasteiger partial charge in [-0.1, -0.05) is 41.9 Å². The Kier molecular flexibility index (Phi) is 5.06. The molecule has 0 radical (unpaired) electrons. The molecule has 0 spiro atoms. The second-order valence-electron chi connectivity index (χ2n) is 8.48. The topological polar surface area (TPSA) is 38.8 Å². The number of likely N-dealkylation sites (tertiary alicyclic amines) is 1. The maximum Gasteiger partial charge on any atom is 0.410 e. The molecule has 2 atom stereocenters. The minimum Gasteiger partial charge on any atom is -0.480 e. The Labute approximate surface area is 183 Å². The van der Waals surface area contributed by atoms with Gasteiger partial charge in [0.05, 0.1) is 11.1 Å². The highest BCUT2D eigenvalue weighted by atomic mass is 79.9. The predicted molar refractivity (Wildman–Crippen MR) is 113 cm³/mol. The van der Waals surface area contributed by atoms with Crippen molar-refractivity contribution in [3.8, 4) is 5.75 Å². The van der Waals surface area contributed by atoms with Crippen LogP contribution in [0.15, 0.2) is 40.9 Å². The Morgan fingerprint density at radius 2 is 2.03 bits per heavy atom. The molecule has 7 heteroatoms. The van der Waals surface area contributed by atoms with Crippen LogP contribution in [0, 0.1) is 5.82 Å². The van der Waals surface area contributed by atoms with E-state index in [-0.39, 0.29) is 17.2 Å². The van der Waals surface area contributed by atoms with Crippen molar-refractivity contribution in [2.75, 3.05) is 6.54 Å². The van der Waals surface area contributed by atoms with E-state index in [1.807, 2.05) is 51.1 Å². The van der Waals surface area contributed by atoms with Gasteiger partial charge in [0.15, 0.2) is 5.60 Å². The molecule has 2 aliphatic heterocycles. The van der Waals surface area contributed by atoms with Crippen molar-refractivity contribution in [1.29, 1.82) is 0 Å². The lowest BCUT2D eigenvalue weighted by Gasteiger charge is -2.50. The molecule has 0 saturated carbocycles. The average molecular weight is 483 g/mol. The van der Waals surface area contributed by atoms with Crippen LogP contribution in [-0.2, 0) is 16.8 Å². The maximum absolute atomic E-state index is 14.3. The second-order valence-corrected chi connectivity index (χ2v) is 9.65. The molecule has 4 nitrogen and oxygen atoms in total. The number of rotatable bonds is 2. The second kappa shape index (κ2) is 7.17. The summed E-state index contributed by atoms with van der Waals surface area (Å²) in [6, 6.07) is 10.8. The van der Waals surface area contributed by atoms with Gasteiger partial charge in [-0.15, -0.1) is 0 Å². The van der Waals surface area contributed by atoms with Crippen molar-refractivity contribution in [2.45, 2.75) is 50.9 Å². The zero-order chi connectivity index (χ0) is 21.0. The molecule has 1 amide bonds. The van der Waals surface area contributed by atoms with E-state index in [0.717, 1.165) is 17.5 Å². The molecule has 29 heavy (non-hydrogen) atoms. The first-order chi connectivity index (χ1) is 13.6. The highest BCUT2D eigenvalue weighted by molar-refractivity contribution is 9.10. The van der Waals surface area contributed by atoms with Gasteiger partial charge in [0.25, 0.3) is 0 Å². The monoisotopic (exact) mass is 481 g/mol. The smallest absolute Gasteiger partial charge is 0.410 e. The lowest BCUT2D eigenvalue weighted by atomic mass is 9.77. The van der Waals surface area contributed by atoms with E-state index in [9.17, 15) is 9.18 Å². The molecule has 0 aliphatic carbocycles. The van der Waals surface area contributed by atoms with Crippen molar-refractivity contribution >= 4 is 33.6 Å². The van der Waals surface area contributed by atoms with E-state index in [2.05, 4.69) is 15.9 Å². The van der Waals surface area contributed by atoms with Crippen LogP contribution in [0.2, 0.25) is 5.02 Å². The van der Waals surface area contributed by atoms with Gasteiger partial charge in [-0.2, -0.15) is 0 Å². The van der Waals surface area contributed by atoms with Crippen molar-refractivity contribution < 1.29 is 18.7 Å². The maximum atomic E-state index is 14.3. The zero-order valence-electron chi connectivity index (χ0n) is 16.5. The normalized spacial score (nSPS) is 23.2. The number of carbonyl (C=O) groups is 1. The average Bonchev–Trinajstić information content (AvgIpc) is 2.98. The van der Waals surface area contributed by atoms with E-state index in [1.54, 1.807) is 4.90 Å². The van der Waals surface area contributed by atoms with E-state index in [1.165, 1.54) is 6.07 Å². The Bertz CT molecular complexity index is 963. The number of fused-ring (bicyclic) bond motifs is 1. The van der Waals surface area contributed by atoms with Gasteiger partial charge >= 0.3 is 6.09 Å². The number of benzene rings is 2. The van der Waals surface area contributed by atoms with Crippen LogP contribution in [0.1, 0.15) is 38.3 Å². The molecule has 2 aromatic rings. The lowest BCUT2D eigenvalue weighted by molar-refractivity contribution is -0.0749. The third-order valence-corrected chi connectivity index (χ3v) is 6.88. The molecular formula is C22H22BrClFNO3. The Hall–Kier alpha value is -1.79. The molecule has 2 aliphatic rings. The summed E-state index contributed by atoms with van der Waals surface area (Å²) in [7, 11) is 0. The minimum atomic E-state index is -0.835. The Balaban J connectivity index is 1.75.